The summed E-state index contributed by atoms with van der Waals surface area (Å²) in [5, 5.41) is 0. The van der Waals surface area contributed by atoms with Gasteiger partial charge in [-0.1, -0.05) is 18.2 Å². The van der Waals surface area contributed by atoms with Crippen LogP contribution >= 0.6 is 0 Å². The van der Waals surface area contributed by atoms with Crippen molar-refractivity contribution >= 4 is 11.5 Å². The van der Waals surface area contributed by atoms with Gasteiger partial charge in [-0.15, -0.1) is 0 Å². The summed E-state index contributed by atoms with van der Waals surface area (Å²) in [6, 6.07) is 14.1. The minimum atomic E-state index is 0.801. The molecule has 2 rings (SSSR count). The van der Waals surface area contributed by atoms with Crippen molar-refractivity contribution in [3.63, 3.8) is 0 Å². The average Bonchev–Trinajstić information content (AvgIpc) is 2.38. The van der Waals surface area contributed by atoms with Gasteiger partial charge in [-0.05, 0) is 43.7 Å². The van der Waals surface area contributed by atoms with E-state index in [1.165, 1.54) is 5.56 Å². The Morgan fingerprint density at radius 3 is 2.44 bits per heavy atom. The number of anilines is 2. The highest BCUT2D eigenvalue weighted by Gasteiger charge is 2.06. The molecule has 1 aromatic carbocycles. The van der Waals surface area contributed by atoms with Crippen molar-refractivity contribution < 1.29 is 0 Å². The van der Waals surface area contributed by atoms with E-state index in [2.05, 4.69) is 28.9 Å². The summed E-state index contributed by atoms with van der Waals surface area (Å²) in [4.78, 5) is 6.81. The Bertz CT molecular complexity index is 505. The molecule has 0 spiro atoms. The third kappa shape index (κ3) is 3.00. The van der Waals surface area contributed by atoms with Crippen LogP contribution in [0.2, 0.25) is 0 Å². The summed E-state index contributed by atoms with van der Waals surface area (Å²) in [5.74, 6) is 1.02. The van der Waals surface area contributed by atoms with Gasteiger partial charge in [-0.25, -0.2) is 4.98 Å². The largest absolute Gasteiger partial charge is 0.399 e. The van der Waals surface area contributed by atoms with Crippen LogP contribution in [0.3, 0.4) is 0 Å². The first kappa shape index (κ1) is 12.4. The Labute approximate surface area is 108 Å². The SMILES string of the molecule is CCN(Cc1ccc(N)cc1)c1cccc(C)n1. The van der Waals surface area contributed by atoms with Crippen molar-refractivity contribution in [1.82, 2.24) is 4.98 Å². The fourth-order valence-electron chi connectivity index (χ4n) is 1.90. The number of benzene rings is 1. The summed E-state index contributed by atoms with van der Waals surface area (Å²) < 4.78 is 0. The maximum atomic E-state index is 5.70. The second kappa shape index (κ2) is 5.54. The van der Waals surface area contributed by atoms with Crippen LogP contribution in [0.5, 0.6) is 0 Å². The van der Waals surface area contributed by atoms with Gasteiger partial charge in [-0.3, -0.25) is 0 Å². The normalized spacial score (nSPS) is 10.3. The van der Waals surface area contributed by atoms with E-state index in [9.17, 15) is 0 Å². The number of rotatable bonds is 4. The molecule has 1 aromatic heterocycles. The summed E-state index contributed by atoms with van der Waals surface area (Å²) in [7, 11) is 0. The Morgan fingerprint density at radius 1 is 1.11 bits per heavy atom. The van der Waals surface area contributed by atoms with Crippen LogP contribution in [0.4, 0.5) is 11.5 Å². The highest BCUT2D eigenvalue weighted by molar-refractivity contribution is 5.43. The van der Waals surface area contributed by atoms with Crippen LogP contribution < -0.4 is 10.6 Å². The Morgan fingerprint density at radius 2 is 1.83 bits per heavy atom. The lowest BCUT2D eigenvalue weighted by Crippen LogP contribution is -2.23. The number of hydrogen-bond donors (Lipinski definition) is 1. The van der Waals surface area contributed by atoms with Crippen molar-refractivity contribution in [3.05, 3.63) is 53.7 Å². The van der Waals surface area contributed by atoms with Crippen LogP contribution in [0.1, 0.15) is 18.2 Å². The molecule has 0 aliphatic carbocycles. The predicted molar refractivity (Wildman–Crippen MR) is 76.6 cm³/mol. The molecular formula is C15H19N3. The predicted octanol–water partition coefficient (Wildman–Crippen LogP) is 3.00. The molecule has 1 heterocycles. The molecule has 0 fully saturated rings. The first-order valence-electron chi connectivity index (χ1n) is 6.22. The number of aromatic nitrogens is 1. The summed E-state index contributed by atoms with van der Waals surface area (Å²) in [6.45, 7) is 5.94. The molecule has 0 bridgehead atoms. The van der Waals surface area contributed by atoms with Gasteiger partial charge >= 0.3 is 0 Å². The minimum Gasteiger partial charge on any atom is -0.399 e. The number of hydrogen-bond acceptors (Lipinski definition) is 3. The van der Waals surface area contributed by atoms with Gasteiger partial charge in [0.2, 0.25) is 0 Å². The molecule has 0 saturated carbocycles. The second-order valence-corrected chi connectivity index (χ2v) is 4.39. The molecule has 0 radical (unpaired) electrons. The fraction of sp³-hybridized carbons (Fsp3) is 0.267. The topological polar surface area (TPSA) is 42.1 Å². The number of nitrogens with two attached hydrogens (primary N) is 1. The van der Waals surface area contributed by atoms with Crippen molar-refractivity contribution in [3.8, 4) is 0 Å². The fourth-order valence-corrected chi connectivity index (χ4v) is 1.90. The van der Waals surface area contributed by atoms with Crippen molar-refractivity contribution in [2.45, 2.75) is 20.4 Å². The third-order valence-electron chi connectivity index (χ3n) is 2.93. The standard InChI is InChI=1S/C15H19N3/c1-3-18(15-6-4-5-12(2)17-15)11-13-7-9-14(16)10-8-13/h4-10H,3,11,16H2,1-2H3. The van der Waals surface area contributed by atoms with E-state index in [1.807, 2.05) is 37.3 Å². The van der Waals surface area contributed by atoms with Gasteiger partial charge in [0, 0.05) is 24.5 Å². The molecular weight excluding hydrogens is 222 g/mol. The first-order valence-corrected chi connectivity index (χ1v) is 6.22. The van der Waals surface area contributed by atoms with E-state index in [4.69, 9.17) is 5.73 Å². The van der Waals surface area contributed by atoms with Crippen LogP contribution in [0, 0.1) is 6.92 Å². The maximum Gasteiger partial charge on any atom is 0.129 e. The van der Waals surface area contributed by atoms with E-state index in [1.54, 1.807) is 0 Å². The molecule has 0 amide bonds. The molecule has 0 aliphatic rings. The third-order valence-corrected chi connectivity index (χ3v) is 2.93. The van der Waals surface area contributed by atoms with Crippen LogP contribution in [0.15, 0.2) is 42.5 Å². The second-order valence-electron chi connectivity index (χ2n) is 4.39. The van der Waals surface area contributed by atoms with Gasteiger partial charge in [0.25, 0.3) is 0 Å². The van der Waals surface area contributed by atoms with E-state index < -0.39 is 0 Å². The zero-order chi connectivity index (χ0) is 13.0. The lowest BCUT2D eigenvalue weighted by Gasteiger charge is -2.22. The molecule has 94 valence electrons. The van der Waals surface area contributed by atoms with E-state index in [-0.39, 0.29) is 0 Å². The Kier molecular flexibility index (Phi) is 3.82. The van der Waals surface area contributed by atoms with Crippen LogP contribution in [-0.4, -0.2) is 11.5 Å². The molecule has 2 N–H and O–H groups in total. The van der Waals surface area contributed by atoms with E-state index >= 15 is 0 Å². The lowest BCUT2D eigenvalue weighted by atomic mass is 10.2. The van der Waals surface area contributed by atoms with Gasteiger partial charge in [0.1, 0.15) is 5.82 Å². The minimum absolute atomic E-state index is 0.801. The van der Waals surface area contributed by atoms with Gasteiger partial charge in [0.15, 0.2) is 0 Å². The lowest BCUT2D eigenvalue weighted by molar-refractivity contribution is 0.811. The number of nitrogen functional groups attached to an aromatic ring is 1. The van der Waals surface area contributed by atoms with E-state index in [0.717, 1.165) is 30.3 Å². The van der Waals surface area contributed by atoms with Crippen LogP contribution in [0.25, 0.3) is 0 Å². The Hall–Kier alpha value is -2.03. The number of aryl methyl sites for hydroxylation is 1. The smallest absolute Gasteiger partial charge is 0.129 e. The molecule has 3 nitrogen and oxygen atoms in total. The Balaban J connectivity index is 2.17. The van der Waals surface area contributed by atoms with Gasteiger partial charge in [-0.2, -0.15) is 0 Å². The molecule has 3 heteroatoms. The quantitative estimate of drug-likeness (QED) is 0.837. The van der Waals surface area contributed by atoms with Crippen molar-refractivity contribution in [2.24, 2.45) is 0 Å². The molecule has 0 unspecified atom stereocenters. The summed E-state index contributed by atoms with van der Waals surface area (Å²) >= 11 is 0. The molecule has 0 saturated heterocycles. The van der Waals surface area contributed by atoms with Crippen molar-refractivity contribution in [1.29, 1.82) is 0 Å². The maximum absolute atomic E-state index is 5.70. The first-order chi connectivity index (χ1) is 8.69. The highest BCUT2D eigenvalue weighted by atomic mass is 15.2. The highest BCUT2D eigenvalue weighted by Crippen LogP contribution is 2.15. The molecule has 2 aromatic rings. The molecule has 0 aliphatic heterocycles. The van der Waals surface area contributed by atoms with Gasteiger partial charge in [0.05, 0.1) is 0 Å². The number of nitrogens with zero attached hydrogens (tertiary/aromatic N) is 2. The van der Waals surface area contributed by atoms with Gasteiger partial charge < -0.3 is 10.6 Å². The summed E-state index contributed by atoms with van der Waals surface area (Å²) in [6.07, 6.45) is 0. The van der Waals surface area contributed by atoms with Crippen molar-refractivity contribution in [2.75, 3.05) is 17.2 Å². The monoisotopic (exact) mass is 241 g/mol. The summed E-state index contributed by atoms with van der Waals surface area (Å²) in [5.41, 5.74) is 8.79. The average molecular weight is 241 g/mol. The molecule has 18 heavy (non-hydrogen) atoms. The van der Waals surface area contributed by atoms with E-state index in [0.29, 0.717) is 0 Å². The number of pyridine rings is 1. The van der Waals surface area contributed by atoms with Crippen LogP contribution in [-0.2, 0) is 6.54 Å². The molecule has 0 atom stereocenters. The zero-order valence-electron chi connectivity index (χ0n) is 10.9. The zero-order valence-corrected chi connectivity index (χ0v) is 10.9.